The van der Waals surface area contributed by atoms with Crippen LogP contribution in [0.15, 0.2) is 6.20 Å². The molecular weight excluding hydrogens is 212 g/mol. The molecule has 2 rings (SSSR count). The number of nitrogens with two attached hydrogens (primary N) is 1. The first-order valence-corrected chi connectivity index (χ1v) is 6.72. The Morgan fingerprint density at radius 2 is 1.88 bits per heavy atom. The average molecular weight is 236 g/mol. The molecule has 4 heteroatoms. The summed E-state index contributed by atoms with van der Waals surface area (Å²) in [6, 6.07) is 0.432. The number of anilines is 1. The van der Waals surface area contributed by atoms with Crippen LogP contribution in [0.25, 0.3) is 0 Å². The Morgan fingerprint density at radius 3 is 2.47 bits per heavy atom. The predicted molar refractivity (Wildman–Crippen MR) is 70.8 cm³/mol. The summed E-state index contributed by atoms with van der Waals surface area (Å²) in [6.45, 7) is 7.69. The molecule has 0 amide bonds. The standard InChI is InChI=1S/C13H24N4/c1-11(2)17-9-12(14)15-13(17)10-16-7-5-3-4-6-8-16/h9,11H,3-8,10,14H2,1-2H3. The van der Waals surface area contributed by atoms with E-state index in [4.69, 9.17) is 5.73 Å². The quantitative estimate of drug-likeness (QED) is 0.876. The molecule has 1 saturated heterocycles. The van der Waals surface area contributed by atoms with Gasteiger partial charge in [-0.15, -0.1) is 0 Å². The summed E-state index contributed by atoms with van der Waals surface area (Å²) in [6.07, 6.45) is 7.34. The fraction of sp³-hybridized carbons (Fsp3) is 0.769. The third kappa shape index (κ3) is 3.22. The van der Waals surface area contributed by atoms with E-state index in [1.807, 2.05) is 6.20 Å². The van der Waals surface area contributed by atoms with Crippen molar-refractivity contribution in [1.29, 1.82) is 0 Å². The van der Waals surface area contributed by atoms with Crippen LogP contribution in [0.1, 0.15) is 51.4 Å². The van der Waals surface area contributed by atoms with E-state index in [9.17, 15) is 0 Å². The van der Waals surface area contributed by atoms with Crippen molar-refractivity contribution in [3.63, 3.8) is 0 Å². The van der Waals surface area contributed by atoms with Gasteiger partial charge in [-0.25, -0.2) is 4.98 Å². The molecule has 1 aromatic heterocycles. The second kappa shape index (κ2) is 5.54. The van der Waals surface area contributed by atoms with Crippen LogP contribution in [-0.2, 0) is 6.54 Å². The molecule has 0 unspecified atom stereocenters. The second-order valence-electron chi connectivity index (χ2n) is 5.27. The van der Waals surface area contributed by atoms with E-state index in [1.165, 1.54) is 38.8 Å². The minimum Gasteiger partial charge on any atom is -0.382 e. The maximum absolute atomic E-state index is 5.80. The average Bonchev–Trinajstić information content (AvgIpc) is 2.50. The lowest BCUT2D eigenvalue weighted by Gasteiger charge is -2.20. The van der Waals surface area contributed by atoms with Crippen LogP contribution in [0.4, 0.5) is 5.82 Å². The van der Waals surface area contributed by atoms with Crippen molar-refractivity contribution in [2.75, 3.05) is 18.8 Å². The van der Waals surface area contributed by atoms with Crippen molar-refractivity contribution >= 4 is 5.82 Å². The Kier molecular flexibility index (Phi) is 4.05. The zero-order chi connectivity index (χ0) is 12.3. The molecule has 2 heterocycles. The summed E-state index contributed by atoms with van der Waals surface area (Å²) < 4.78 is 2.19. The van der Waals surface area contributed by atoms with E-state index in [0.717, 1.165) is 12.4 Å². The molecule has 0 bridgehead atoms. The van der Waals surface area contributed by atoms with Crippen molar-refractivity contribution in [3.8, 4) is 0 Å². The highest BCUT2D eigenvalue weighted by Crippen LogP contribution is 2.17. The molecule has 17 heavy (non-hydrogen) atoms. The Morgan fingerprint density at radius 1 is 1.24 bits per heavy atom. The van der Waals surface area contributed by atoms with E-state index in [0.29, 0.717) is 11.9 Å². The topological polar surface area (TPSA) is 47.1 Å². The summed E-state index contributed by atoms with van der Waals surface area (Å²) in [4.78, 5) is 6.96. The number of hydrogen-bond acceptors (Lipinski definition) is 3. The summed E-state index contributed by atoms with van der Waals surface area (Å²) in [5.74, 6) is 1.75. The molecule has 1 aliphatic heterocycles. The third-order valence-electron chi connectivity index (χ3n) is 3.45. The number of likely N-dealkylation sites (tertiary alicyclic amines) is 1. The van der Waals surface area contributed by atoms with Gasteiger partial charge in [-0.3, -0.25) is 4.90 Å². The van der Waals surface area contributed by atoms with Gasteiger partial charge in [0.05, 0.1) is 6.54 Å². The highest BCUT2D eigenvalue weighted by molar-refractivity contribution is 5.26. The fourth-order valence-electron chi connectivity index (χ4n) is 2.51. The highest BCUT2D eigenvalue weighted by Gasteiger charge is 2.14. The molecule has 4 nitrogen and oxygen atoms in total. The number of hydrogen-bond donors (Lipinski definition) is 1. The van der Waals surface area contributed by atoms with Crippen LogP contribution in [0, 0.1) is 0 Å². The zero-order valence-corrected chi connectivity index (χ0v) is 11.0. The van der Waals surface area contributed by atoms with E-state index < -0.39 is 0 Å². The largest absolute Gasteiger partial charge is 0.382 e. The highest BCUT2D eigenvalue weighted by atomic mass is 15.2. The summed E-state index contributed by atoms with van der Waals surface area (Å²) in [7, 11) is 0. The molecule has 0 aliphatic carbocycles. The molecule has 1 aromatic rings. The van der Waals surface area contributed by atoms with E-state index >= 15 is 0 Å². The summed E-state index contributed by atoms with van der Waals surface area (Å²) >= 11 is 0. The lowest BCUT2D eigenvalue weighted by Crippen LogP contribution is -2.26. The van der Waals surface area contributed by atoms with Crippen LogP contribution >= 0.6 is 0 Å². The van der Waals surface area contributed by atoms with Gasteiger partial charge < -0.3 is 10.3 Å². The van der Waals surface area contributed by atoms with Crippen LogP contribution in [-0.4, -0.2) is 27.5 Å². The zero-order valence-electron chi connectivity index (χ0n) is 11.0. The predicted octanol–water partition coefficient (Wildman–Crippen LogP) is 2.42. The molecule has 0 spiro atoms. The minimum atomic E-state index is 0.432. The van der Waals surface area contributed by atoms with Gasteiger partial charge >= 0.3 is 0 Å². The number of aromatic nitrogens is 2. The number of imidazole rings is 1. The van der Waals surface area contributed by atoms with Crippen molar-refractivity contribution in [1.82, 2.24) is 14.5 Å². The van der Waals surface area contributed by atoms with Crippen LogP contribution in [0.3, 0.4) is 0 Å². The van der Waals surface area contributed by atoms with E-state index in [-0.39, 0.29) is 0 Å². The fourth-order valence-corrected chi connectivity index (χ4v) is 2.51. The van der Waals surface area contributed by atoms with Crippen molar-refractivity contribution in [2.45, 2.75) is 52.1 Å². The Labute approximate surface area is 104 Å². The first kappa shape index (κ1) is 12.4. The Balaban J connectivity index is 2.06. The van der Waals surface area contributed by atoms with E-state index in [2.05, 4.69) is 28.3 Å². The summed E-state index contributed by atoms with van der Waals surface area (Å²) in [5, 5.41) is 0. The van der Waals surface area contributed by atoms with Gasteiger partial charge in [0.25, 0.3) is 0 Å². The summed E-state index contributed by atoms with van der Waals surface area (Å²) in [5.41, 5.74) is 5.80. The van der Waals surface area contributed by atoms with Crippen LogP contribution in [0.5, 0.6) is 0 Å². The monoisotopic (exact) mass is 236 g/mol. The molecule has 96 valence electrons. The first-order valence-electron chi connectivity index (χ1n) is 6.72. The van der Waals surface area contributed by atoms with Gasteiger partial charge in [-0.2, -0.15) is 0 Å². The van der Waals surface area contributed by atoms with Crippen molar-refractivity contribution in [3.05, 3.63) is 12.0 Å². The number of nitrogens with zero attached hydrogens (tertiary/aromatic N) is 3. The molecule has 0 radical (unpaired) electrons. The molecule has 1 fully saturated rings. The molecule has 0 saturated carbocycles. The normalized spacial score (nSPS) is 18.5. The lowest BCUT2D eigenvalue weighted by molar-refractivity contribution is 0.264. The van der Waals surface area contributed by atoms with Crippen molar-refractivity contribution in [2.24, 2.45) is 0 Å². The van der Waals surface area contributed by atoms with Crippen LogP contribution in [0.2, 0.25) is 0 Å². The van der Waals surface area contributed by atoms with E-state index in [1.54, 1.807) is 0 Å². The lowest BCUT2D eigenvalue weighted by atomic mass is 10.2. The van der Waals surface area contributed by atoms with Gasteiger partial charge in [0, 0.05) is 12.2 Å². The minimum absolute atomic E-state index is 0.432. The Bertz CT molecular complexity index is 348. The number of rotatable bonds is 3. The first-order chi connectivity index (χ1) is 8.16. The molecule has 1 aliphatic rings. The van der Waals surface area contributed by atoms with Crippen LogP contribution < -0.4 is 5.73 Å². The van der Waals surface area contributed by atoms with Gasteiger partial charge in [0.2, 0.25) is 0 Å². The second-order valence-corrected chi connectivity index (χ2v) is 5.27. The maximum atomic E-state index is 5.80. The van der Waals surface area contributed by atoms with Gasteiger partial charge in [0.15, 0.2) is 0 Å². The maximum Gasteiger partial charge on any atom is 0.141 e. The Hall–Kier alpha value is -1.03. The molecular formula is C13H24N4. The molecule has 0 atom stereocenters. The van der Waals surface area contributed by atoms with Crippen molar-refractivity contribution < 1.29 is 0 Å². The SMILES string of the molecule is CC(C)n1cc(N)nc1CN1CCCCCC1. The van der Waals surface area contributed by atoms with Gasteiger partial charge in [-0.05, 0) is 39.8 Å². The molecule has 0 aromatic carbocycles. The van der Waals surface area contributed by atoms with Gasteiger partial charge in [-0.1, -0.05) is 12.8 Å². The number of nitrogen functional groups attached to an aromatic ring is 1. The molecule has 2 N–H and O–H groups in total. The third-order valence-corrected chi connectivity index (χ3v) is 3.45. The van der Waals surface area contributed by atoms with Gasteiger partial charge in [0.1, 0.15) is 11.6 Å². The smallest absolute Gasteiger partial charge is 0.141 e.